The molecule has 1 saturated heterocycles. The summed E-state index contributed by atoms with van der Waals surface area (Å²) >= 11 is 0. The highest BCUT2D eigenvalue weighted by Gasteiger charge is 2.25. The Morgan fingerprint density at radius 2 is 2.14 bits per heavy atom. The third kappa shape index (κ3) is 2.96. The molecule has 0 saturated carbocycles. The summed E-state index contributed by atoms with van der Waals surface area (Å²) in [7, 11) is 0. The first-order valence-electron chi connectivity index (χ1n) is 7.91. The SMILES string of the molecule is CCNc1cn2ccnc2c(N2CCCC(C)(C)CC2)n1. The zero-order valence-electron chi connectivity index (χ0n) is 13.3. The largest absolute Gasteiger partial charge is 0.369 e. The average molecular weight is 287 g/mol. The van der Waals surface area contributed by atoms with Crippen molar-refractivity contribution in [3.8, 4) is 0 Å². The van der Waals surface area contributed by atoms with Crippen LogP contribution in [0.15, 0.2) is 18.6 Å². The Hall–Kier alpha value is -1.78. The summed E-state index contributed by atoms with van der Waals surface area (Å²) in [4.78, 5) is 11.7. The van der Waals surface area contributed by atoms with Crippen LogP contribution in [0.4, 0.5) is 11.6 Å². The van der Waals surface area contributed by atoms with Crippen LogP contribution in [0.5, 0.6) is 0 Å². The Balaban J connectivity index is 1.96. The molecule has 0 radical (unpaired) electrons. The first kappa shape index (κ1) is 14.2. The predicted molar refractivity (Wildman–Crippen MR) is 87.0 cm³/mol. The Labute approximate surface area is 126 Å². The number of rotatable bonds is 3. The first-order chi connectivity index (χ1) is 10.1. The molecular formula is C16H25N5. The van der Waals surface area contributed by atoms with Crippen molar-refractivity contribution in [3.63, 3.8) is 0 Å². The molecule has 2 aromatic rings. The monoisotopic (exact) mass is 287 g/mol. The summed E-state index contributed by atoms with van der Waals surface area (Å²) in [6, 6.07) is 0. The van der Waals surface area contributed by atoms with Gasteiger partial charge in [0.1, 0.15) is 5.82 Å². The molecule has 1 fully saturated rings. The summed E-state index contributed by atoms with van der Waals surface area (Å²) in [5.41, 5.74) is 1.39. The maximum Gasteiger partial charge on any atom is 0.180 e. The summed E-state index contributed by atoms with van der Waals surface area (Å²) in [5.74, 6) is 1.93. The van der Waals surface area contributed by atoms with E-state index in [0.29, 0.717) is 5.41 Å². The molecule has 0 aliphatic carbocycles. The van der Waals surface area contributed by atoms with E-state index in [1.807, 2.05) is 18.6 Å². The highest BCUT2D eigenvalue weighted by Crippen LogP contribution is 2.32. The number of aromatic nitrogens is 3. The molecule has 1 aliphatic heterocycles. The van der Waals surface area contributed by atoms with E-state index in [1.54, 1.807) is 0 Å². The molecular weight excluding hydrogens is 262 g/mol. The third-order valence-corrected chi connectivity index (χ3v) is 4.35. The van der Waals surface area contributed by atoms with Gasteiger partial charge in [-0.2, -0.15) is 0 Å². The summed E-state index contributed by atoms with van der Waals surface area (Å²) < 4.78 is 2.07. The fourth-order valence-electron chi connectivity index (χ4n) is 3.03. The zero-order chi connectivity index (χ0) is 14.9. The number of imidazole rings is 1. The van der Waals surface area contributed by atoms with Crippen molar-refractivity contribution in [2.45, 2.75) is 40.0 Å². The van der Waals surface area contributed by atoms with E-state index in [4.69, 9.17) is 4.98 Å². The minimum atomic E-state index is 0.430. The van der Waals surface area contributed by atoms with Crippen LogP contribution in [0.3, 0.4) is 0 Å². The Morgan fingerprint density at radius 3 is 2.95 bits per heavy atom. The molecule has 2 aromatic heterocycles. The molecule has 1 N–H and O–H groups in total. The molecule has 0 spiro atoms. The van der Waals surface area contributed by atoms with Gasteiger partial charge in [0.25, 0.3) is 0 Å². The molecule has 3 rings (SSSR count). The van der Waals surface area contributed by atoms with Crippen molar-refractivity contribution < 1.29 is 0 Å². The zero-order valence-corrected chi connectivity index (χ0v) is 13.3. The van der Waals surface area contributed by atoms with Gasteiger partial charge in [-0.3, -0.25) is 0 Å². The molecule has 3 heterocycles. The van der Waals surface area contributed by atoms with Crippen molar-refractivity contribution >= 4 is 17.3 Å². The van der Waals surface area contributed by atoms with Gasteiger partial charge in [-0.25, -0.2) is 9.97 Å². The molecule has 0 bridgehead atoms. The second-order valence-corrected chi connectivity index (χ2v) is 6.64. The van der Waals surface area contributed by atoms with Crippen LogP contribution in [0.1, 0.15) is 40.0 Å². The van der Waals surface area contributed by atoms with Crippen LogP contribution in [-0.4, -0.2) is 34.0 Å². The van der Waals surface area contributed by atoms with Crippen LogP contribution >= 0.6 is 0 Å². The maximum atomic E-state index is 4.81. The lowest BCUT2D eigenvalue weighted by Crippen LogP contribution is -2.27. The van der Waals surface area contributed by atoms with Gasteiger partial charge in [0.2, 0.25) is 0 Å². The van der Waals surface area contributed by atoms with Gasteiger partial charge in [-0.05, 0) is 31.6 Å². The Bertz CT molecular complexity index is 616. The topological polar surface area (TPSA) is 45.5 Å². The van der Waals surface area contributed by atoms with E-state index in [1.165, 1.54) is 19.3 Å². The average Bonchev–Trinajstić information content (AvgIpc) is 2.83. The third-order valence-electron chi connectivity index (χ3n) is 4.35. The van der Waals surface area contributed by atoms with Crippen LogP contribution in [0.2, 0.25) is 0 Å². The fourth-order valence-corrected chi connectivity index (χ4v) is 3.03. The number of hydrogen-bond acceptors (Lipinski definition) is 4. The fraction of sp³-hybridized carbons (Fsp3) is 0.625. The lowest BCUT2D eigenvalue weighted by molar-refractivity contribution is 0.325. The first-order valence-corrected chi connectivity index (χ1v) is 7.91. The summed E-state index contributed by atoms with van der Waals surface area (Å²) in [6.07, 6.45) is 9.54. The van der Waals surface area contributed by atoms with Crippen molar-refractivity contribution in [3.05, 3.63) is 18.6 Å². The highest BCUT2D eigenvalue weighted by atomic mass is 15.2. The number of nitrogens with one attached hydrogen (secondary N) is 1. The number of anilines is 2. The normalized spacial score (nSPS) is 18.7. The predicted octanol–water partition coefficient (Wildman–Crippen LogP) is 3.18. The van der Waals surface area contributed by atoms with Gasteiger partial charge in [-0.1, -0.05) is 13.8 Å². The van der Waals surface area contributed by atoms with E-state index in [0.717, 1.165) is 36.9 Å². The molecule has 1 aliphatic rings. The molecule has 5 heteroatoms. The van der Waals surface area contributed by atoms with E-state index < -0.39 is 0 Å². The van der Waals surface area contributed by atoms with E-state index in [9.17, 15) is 0 Å². The Morgan fingerprint density at radius 1 is 1.29 bits per heavy atom. The molecule has 0 amide bonds. The second kappa shape index (κ2) is 5.54. The minimum absolute atomic E-state index is 0.430. The van der Waals surface area contributed by atoms with Gasteiger partial charge in [0, 0.05) is 32.0 Å². The molecule has 21 heavy (non-hydrogen) atoms. The van der Waals surface area contributed by atoms with E-state index >= 15 is 0 Å². The molecule has 114 valence electrons. The Kier molecular flexibility index (Phi) is 3.74. The standard InChI is InChI=1S/C16H25N5/c1-4-17-13-12-21-11-8-18-14(21)15(19-13)20-9-5-6-16(2,3)7-10-20/h8,11-12,17H,4-7,9-10H2,1-3H3. The summed E-state index contributed by atoms with van der Waals surface area (Å²) in [5, 5.41) is 3.31. The van der Waals surface area contributed by atoms with Crippen molar-refractivity contribution in [1.82, 2.24) is 14.4 Å². The second-order valence-electron chi connectivity index (χ2n) is 6.64. The highest BCUT2D eigenvalue weighted by molar-refractivity contribution is 5.66. The lowest BCUT2D eigenvalue weighted by Gasteiger charge is -2.24. The van der Waals surface area contributed by atoms with Crippen molar-refractivity contribution in [1.29, 1.82) is 0 Å². The number of fused-ring (bicyclic) bond motifs is 1. The quantitative estimate of drug-likeness (QED) is 0.942. The smallest absolute Gasteiger partial charge is 0.180 e. The van der Waals surface area contributed by atoms with Gasteiger partial charge in [0.05, 0.1) is 6.20 Å². The van der Waals surface area contributed by atoms with Gasteiger partial charge >= 0.3 is 0 Å². The van der Waals surface area contributed by atoms with Crippen molar-refractivity contribution in [2.24, 2.45) is 5.41 Å². The van der Waals surface area contributed by atoms with Gasteiger partial charge in [0.15, 0.2) is 11.5 Å². The molecule has 0 aromatic carbocycles. The molecule has 0 unspecified atom stereocenters. The van der Waals surface area contributed by atoms with Crippen LogP contribution < -0.4 is 10.2 Å². The minimum Gasteiger partial charge on any atom is -0.369 e. The van der Waals surface area contributed by atoms with Crippen LogP contribution in [0.25, 0.3) is 5.65 Å². The summed E-state index contributed by atoms with van der Waals surface area (Å²) in [6.45, 7) is 9.81. The molecule has 0 atom stereocenters. The van der Waals surface area contributed by atoms with Gasteiger partial charge < -0.3 is 14.6 Å². The van der Waals surface area contributed by atoms with Gasteiger partial charge in [-0.15, -0.1) is 0 Å². The van der Waals surface area contributed by atoms with Crippen LogP contribution in [0, 0.1) is 5.41 Å². The molecule has 5 nitrogen and oxygen atoms in total. The van der Waals surface area contributed by atoms with E-state index in [2.05, 4.69) is 40.4 Å². The number of hydrogen-bond donors (Lipinski definition) is 1. The van der Waals surface area contributed by atoms with Crippen LogP contribution in [-0.2, 0) is 0 Å². The number of nitrogens with zero attached hydrogens (tertiary/aromatic N) is 4. The van der Waals surface area contributed by atoms with E-state index in [-0.39, 0.29) is 0 Å². The lowest BCUT2D eigenvalue weighted by atomic mass is 9.85. The maximum absolute atomic E-state index is 4.81. The van der Waals surface area contributed by atoms with Crippen molar-refractivity contribution in [2.75, 3.05) is 29.9 Å².